The SMILES string of the molecule is CCNC(=NCC1(C)CCCS1)NCCCn1cc(C)cn1. The fourth-order valence-electron chi connectivity index (χ4n) is 2.59. The number of aromatic nitrogens is 2. The number of hydrogen-bond donors (Lipinski definition) is 2. The van der Waals surface area contributed by atoms with Crippen molar-refractivity contribution in [3.05, 3.63) is 18.0 Å². The molecular formula is C16H29N5S. The minimum Gasteiger partial charge on any atom is -0.357 e. The average Bonchev–Trinajstić information content (AvgIpc) is 3.10. The third-order valence-corrected chi connectivity index (χ3v) is 5.36. The van der Waals surface area contributed by atoms with Gasteiger partial charge in [0.15, 0.2) is 5.96 Å². The van der Waals surface area contributed by atoms with Crippen LogP contribution in [0.4, 0.5) is 0 Å². The summed E-state index contributed by atoms with van der Waals surface area (Å²) in [5, 5.41) is 11.1. The lowest BCUT2D eigenvalue weighted by Gasteiger charge is -2.21. The molecule has 2 N–H and O–H groups in total. The van der Waals surface area contributed by atoms with E-state index in [0.717, 1.165) is 38.6 Å². The van der Waals surface area contributed by atoms with Crippen molar-refractivity contribution in [2.75, 3.05) is 25.4 Å². The van der Waals surface area contributed by atoms with Gasteiger partial charge in [0.1, 0.15) is 0 Å². The van der Waals surface area contributed by atoms with Gasteiger partial charge in [0, 0.05) is 30.6 Å². The highest BCUT2D eigenvalue weighted by Crippen LogP contribution is 2.37. The molecule has 0 aliphatic carbocycles. The average molecular weight is 324 g/mol. The van der Waals surface area contributed by atoms with Crippen LogP contribution in [-0.2, 0) is 6.54 Å². The summed E-state index contributed by atoms with van der Waals surface area (Å²) in [5.74, 6) is 2.21. The molecule has 1 atom stereocenters. The van der Waals surface area contributed by atoms with E-state index in [-0.39, 0.29) is 0 Å². The van der Waals surface area contributed by atoms with Crippen LogP contribution in [0.15, 0.2) is 17.4 Å². The lowest BCUT2D eigenvalue weighted by molar-refractivity contribution is 0.568. The van der Waals surface area contributed by atoms with Gasteiger partial charge in [0.05, 0.1) is 12.7 Å². The first-order valence-corrected chi connectivity index (χ1v) is 9.25. The van der Waals surface area contributed by atoms with Gasteiger partial charge in [-0.15, -0.1) is 0 Å². The molecule has 5 nitrogen and oxygen atoms in total. The Morgan fingerprint density at radius 1 is 1.50 bits per heavy atom. The van der Waals surface area contributed by atoms with Gasteiger partial charge >= 0.3 is 0 Å². The molecule has 1 unspecified atom stereocenters. The molecule has 2 rings (SSSR count). The monoisotopic (exact) mass is 323 g/mol. The quantitative estimate of drug-likeness (QED) is 0.460. The maximum atomic E-state index is 4.77. The van der Waals surface area contributed by atoms with Gasteiger partial charge in [-0.25, -0.2) is 0 Å². The summed E-state index contributed by atoms with van der Waals surface area (Å²) < 4.78 is 2.33. The zero-order valence-electron chi connectivity index (χ0n) is 14.1. The molecule has 0 spiro atoms. The summed E-state index contributed by atoms with van der Waals surface area (Å²) in [5.41, 5.74) is 1.21. The minimum atomic E-state index is 0.328. The second-order valence-corrected chi connectivity index (χ2v) is 7.84. The number of rotatable bonds is 7. The molecule has 124 valence electrons. The van der Waals surface area contributed by atoms with E-state index in [9.17, 15) is 0 Å². The summed E-state index contributed by atoms with van der Waals surface area (Å²) in [6.07, 6.45) is 7.62. The summed E-state index contributed by atoms with van der Waals surface area (Å²) in [6.45, 7) is 10.1. The number of aliphatic imine (C=N–C) groups is 1. The Morgan fingerprint density at radius 3 is 3.00 bits per heavy atom. The molecule has 1 aliphatic heterocycles. The second kappa shape index (κ2) is 8.46. The highest BCUT2D eigenvalue weighted by molar-refractivity contribution is 8.00. The normalized spacial score (nSPS) is 22.0. The number of nitrogens with one attached hydrogen (secondary N) is 2. The molecule has 1 saturated heterocycles. The maximum absolute atomic E-state index is 4.77. The van der Waals surface area contributed by atoms with E-state index in [1.165, 1.54) is 24.2 Å². The van der Waals surface area contributed by atoms with Crippen molar-refractivity contribution in [1.29, 1.82) is 0 Å². The van der Waals surface area contributed by atoms with Crippen LogP contribution in [0.3, 0.4) is 0 Å². The van der Waals surface area contributed by atoms with Crippen molar-refractivity contribution < 1.29 is 0 Å². The summed E-state index contributed by atoms with van der Waals surface area (Å²) >= 11 is 2.06. The Kier molecular flexibility index (Phi) is 6.61. The third kappa shape index (κ3) is 5.55. The number of thioether (sulfide) groups is 1. The Labute approximate surface area is 138 Å². The number of guanidine groups is 1. The van der Waals surface area contributed by atoms with E-state index in [0.29, 0.717) is 4.75 Å². The van der Waals surface area contributed by atoms with Gasteiger partial charge in [0.2, 0.25) is 0 Å². The van der Waals surface area contributed by atoms with Crippen molar-refractivity contribution in [2.24, 2.45) is 4.99 Å². The topological polar surface area (TPSA) is 54.2 Å². The van der Waals surface area contributed by atoms with E-state index < -0.39 is 0 Å². The van der Waals surface area contributed by atoms with Crippen molar-refractivity contribution in [3.63, 3.8) is 0 Å². The van der Waals surface area contributed by atoms with Crippen LogP contribution in [0.25, 0.3) is 0 Å². The third-order valence-electron chi connectivity index (χ3n) is 3.84. The van der Waals surface area contributed by atoms with Gasteiger partial charge in [-0.05, 0) is 51.3 Å². The molecule has 0 saturated carbocycles. The maximum Gasteiger partial charge on any atom is 0.191 e. The van der Waals surface area contributed by atoms with E-state index in [1.54, 1.807) is 0 Å². The van der Waals surface area contributed by atoms with Crippen molar-refractivity contribution >= 4 is 17.7 Å². The lowest BCUT2D eigenvalue weighted by atomic mass is 10.1. The molecule has 1 fully saturated rings. The largest absolute Gasteiger partial charge is 0.357 e. The molecule has 1 aromatic heterocycles. The van der Waals surface area contributed by atoms with Crippen molar-refractivity contribution in [1.82, 2.24) is 20.4 Å². The number of nitrogens with zero attached hydrogens (tertiary/aromatic N) is 3. The molecular weight excluding hydrogens is 294 g/mol. The molecule has 6 heteroatoms. The van der Waals surface area contributed by atoms with Crippen molar-refractivity contribution in [3.8, 4) is 0 Å². The molecule has 1 aliphatic rings. The zero-order valence-corrected chi connectivity index (χ0v) is 14.9. The molecule has 2 heterocycles. The van der Waals surface area contributed by atoms with Gasteiger partial charge in [-0.2, -0.15) is 16.9 Å². The highest BCUT2D eigenvalue weighted by atomic mass is 32.2. The zero-order chi connectivity index (χ0) is 15.8. The lowest BCUT2D eigenvalue weighted by Crippen LogP contribution is -2.39. The standard InChI is InChI=1S/C16H29N5S/c1-4-17-15(19-13-16(3)7-5-10-22-16)18-8-6-9-21-12-14(2)11-20-21/h11-12H,4-10,13H2,1-3H3,(H2,17,18,19). The first kappa shape index (κ1) is 17.2. The smallest absolute Gasteiger partial charge is 0.191 e. The molecule has 0 aromatic carbocycles. The van der Waals surface area contributed by atoms with E-state index in [4.69, 9.17) is 4.99 Å². The summed E-state index contributed by atoms with van der Waals surface area (Å²) in [4.78, 5) is 4.77. The van der Waals surface area contributed by atoms with Crippen LogP contribution in [0.2, 0.25) is 0 Å². The van der Waals surface area contributed by atoms with Crippen molar-refractivity contribution in [2.45, 2.75) is 51.3 Å². The van der Waals surface area contributed by atoms with Crippen LogP contribution in [0.1, 0.15) is 38.7 Å². The molecule has 0 amide bonds. The second-order valence-electron chi connectivity index (χ2n) is 6.16. The van der Waals surface area contributed by atoms with Crippen LogP contribution >= 0.6 is 11.8 Å². The van der Waals surface area contributed by atoms with Gasteiger partial charge in [-0.1, -0.05) is 0 Å². The van der Waals surface area contributed by atoms with Gasteiger partial charge in [0.25, 0.3) is 0 Å². The number of hydrogen-bond acceptors (Lipinski definition) is 3. The first-order valence-electron chi connectivity index (χ1n) is 8.26. The first-order chi connectivity index (χ1) is 10.6. The predicted molar refractivity (Wildman–Crippen MR) is 95.7 cm³/mol. The fraction of sp³-hybridized carbons (Fsp3) is 0.750. The van der Waals surface area contributed by atoms with Crippen LogP contribution in [-0.4, -0.2) is 45.9 Å². The Hall–Kier alpha value is -1.17. The Morgan fingerprint density at radius 2 is 2.36 bits per heavy atom. The van der Waals surface area contributed by atoms with E-state index in [2.05, 4.69) is 54.5 Å². The highest BCUT2D eigenvalue weighted by Gasteiger charge is 2.29. The fourth-order valence-corrected chi connectivity index (χ4v) is 3.81. The molecule has 0 bridgehead atoms. The van der Waals surface area contributed by atoms with Gasteiger partial charge in [-0.3, -0.25) is 9.67 Å². The molecule has 22 heavy (non-hydrogen) atoms. The summed E-state index contributed by atoms with van der Waals surface area (Å²) in [7, 11) is 0. The van der Waals surface area contributed by atoms with Crippen LogP contribution in [0, 0.1) is 6.92 Å². The predicted octanol–water partition coefficient (Wildman–Crippen LogP) is 2.42. The Bertz CT molecular complexity index is 477. The van der Waals surface area contributed by atoms with Crippen LogP contribution in [0.5, 0.6) is 0 Å². The van der Waals surface area contributed by atoms with E-state index in [1.807, 2.05) is 10.9 Å². The Balaban J connectivity index is 1.73. The summed E-state index contributed by atoms with van der Waals surface area (Å²) in [6, 6.07) is 0. The van der Waals surface area contributed by atoms with E-state index >= 15 is 0 Å². The molecule has 0 radical (unpaired) electrons. The number of aryl methyl sites for hydroxylation is 2. The molecule has 1 aromatic rings. The van der Waals surface area contributed by atoms with Gasteiger partial charge < -0.3 is 10.6 Å². The van der Waals surface area contributed by atoms with Crippen LogP contribution < -0.4 is 10.6 Å². The minimum absolute atomic E-state index is 0.328.